The third kappa shape index (κ3) is 4.81. The summed E-state index contributed by atoms with van der Waals surface area (Å²) in [6, 6.07) is 5.97. The van der Waals surface area contributed by atoms with Crippen LogP contribution in [0.5, 0.6) is 0 Å². The molecule has 1 amide bonds. The van der Waals surface area contributed by atoms with Gasteiger partial charge in [0.25, 0.3) is 5.91 Å². The molecule has 0 aromatic carbocycles. The second kappa shape index (κ2) is 7.26. The monoisotopic (exact) mass is 315 g/mol. The van der Waals surface area contributed by atoms with Gasteiger partial charge in [-0.15, -0.1) is 0 Å². The summed E-state index contributed by atoms with van der Waals surface area (Å²) < 4.78 is 1.99. The molecule has 2 aromatic rings. The number of aryl methyl sites for hydroxylation is 2. The molecule has 124 valence electrons. The zero-order valence-electron chi connectivity index (χ0n) is 14.4. The summed E-state index contributed by atoms with van der Waals surface area (Å²) in [5.41, 5.74) is 3.46. The molecule has 0 radical (unpaired) electrons. The molecule has 2 aromatic heterocycles. The second-order valence-corrected chi connectivity index (χ2v) is 6.21. The fraction of sp³-hybridized carbons (Fsp3) is 0.471. The minimum absolute atomic E-state index is 0.0888. The third-order valence-electron chi connectivity index (χ3n) is 3.38. The van der Waals surface area contributed by atoms with Crippen LogP contribution in [0.1, 0.15) is 42.6 Å². The fourth-order valence-electron chi connectivity index (χ4n) is 2.43. The summed E-state index contributed by atoms with van der Waals surface area (Å²) in [5.74, 6) is -0.158. The van der Waals surface area contributed by atoms with Gasteiger partial charge in [-0.2, -0.15) is 5.10 Å². The van der Waals surface area contributed by atoms with Gasteiger partial charge in [0.2, 0.25) is 0 Å². The topological polar surface area (TPSA) is 71.8 Å². The van der Waals surface area contributed by atoms with Crippen LogP contribution < -0.4 is 10.6 Å². The maximum absolute atomic E-state index is 12.0. The molecule has 0 fully saturated rings. The van der Waals surface area contributed by atoms with Crippen molar-refractivity contribution in [2.75, 3.05) is 5.32 Å². The Bertz CT molecular complexity index is 677. The number of carbonyl (C=O) groups excluding carboxylic acids is 1. The first kappa shape index (κ1) is 17.0. The number of hydrogen-bond donors (Lipinski definition) is 2. The lowest BCUT2D eigenvalue weighted by Gasteiger charge is -2.17. The van der Waals surface area contributed by atoms with Crippen molar-refractivity contribution in [3.05, 3.63) is 41.5 Å². The normalized spacial score (nSPS) is 12.3. The van der Waals surface area contributed by atoms with Crippen LogP contribution in [0.4, 0.5) is 5.69 Å². The summed E-state index contributed by atoms with van der Waals surface area (Å²) >= 11 is 0. The SMILES string of the molecule is Cc1cc(C)n(C[C@@H](C)Nc2ccnc(C(=O)NC(C)C)c2)n1. The first-order valence-corrected chi connectivity index (χ1v) is 7.89. The van der Waals surface area contributed by atoms with Gasteiger partial charge < -0.3 is 10.6 Å². The number of anilines is 1. The van der Waals surface area contributed by atoms with Crippen LogP contribution in [0.15, 0.2) is 24.4 Å². The van der Waals surface area contributed by atoms with E-state index in [4.69, 9.17) is 0 Å². The zero-order chi connectivity index (χ0) is 17.0. The molecule has 0 unspecified atom stereocenters. The molecular formula is C17H25N5O. The Morgan fingerprint density at radius 2 is 2.00 bits per heavy atom. The summed E-state index contributed by atoms with van der Waals surface area (Å²) in [4.78, 5) is 16.1. The molecule has 0 saturated carbocycles. The minimum atomic E-state index is -0.158. The average Bonchev–Trinajstić information content (AvgIpc) is 2.76. The summed E-state index contributed by atoms with van der Waals surface area (Å²) in [6.07, 6.45) is 1.65. The highest BCUT2D eigenvalue weighted by atomic mass is 16.1. The minimum Gasteiger partial charge on any atom is -0.381 e. The molecule has 2 heterocycles. The molecule has 2 N–H and O–H groups in total. The number of nitrogens with one attached hydrogen (secondary N) is 2. The molecule has 0 aliphatic rings. The first-order valence-electron chi connectivity index (χ1n) is 7.89. The van der Waals surface area contributed by atoms with E-state index in [2.05, 4.69) is 33.7 Å². The van der Waals surface area contributed by atoms with E-state index in [9.17, 15) is 4.79 Å². The Hall–Kier alpha value is -2.37. The van der Waals surface area contributed by atoms with Gasteiger partial charge in [0, 0.05) is 29.7 Å². The van der Waals surface area contributed by atoms with Crippen LogP contribution in [0.25, 0.3) is 0 Å². The third-order valence-corrected chi connectivity index (χ3v) is 3.38. The van der Waals surface area contributed by atoms with Gasteiger partial charge >= 0.3 is 0 Å². The van der Waals surface area contributed by atoms with Crippen LogP contribution in [-0.2, 0) is 6.54 Å². The highest BCUT2D eigenvalue weighted by Gasteiger charge is 2.11. The average molecular weight is 315 g/mol. The summed E-state index contributed by atoms with van der Waals surface area (Å²) in [6.45, 7) is 10.7. The molecule has 0 saturated heterocycles. The molecule has 1 atom stereocenters. The number of rotatable bonds is 6. The number of hydrogen-bond acceptors (Lipinski definition) is 4. The molecular weight excluding hydrogens is 290 g/mol. The van der Waals surface area contributed by atoms with E-state index >= 15 is 0 Å². The first-order chi connectivity index (χ1) is 10.8. The highest BCUT2D eigenvalue weighted by molar-refractivity contribution is 5.93. The maximum atomic E-state index is 12.0. The standard InChI is InChI=1S/C17H25N5O/c1-11(2)19-17(23)16-9-15(6-7-18-16)20-13(4)10-22-14(5)8-12(3)21-22/h6-9,11,13H,10H2,1-5H3,(H,18,20)(H,19,23)/t13-/m1/s1. The Morgan fingerprint density at radius 1 is 1.26 bits per heavy atom. The van der Waals surface area contributed by atoms with E-state index in [1.165, 1.54) is 0 Å². The zero-order valence-corrected chi connectivity index (χ0v) is 14.4. The fourth-order valence-corrected chi connectivity index (χ4v) is 2.43. The Kier molecular flexibility index (Phi) is 5.36. The van der Waals surface area contributed by atoms with E-state index in [1.807, 2.05) is 38.4 Å². The van der Waals surface area contributed by atoms with Gasteiger partial charge in [-0.25, -0.2) is 0 Å². The number of carbonyl (C=O) groups is 1. The van der Waals surface area contributed by atoms with Gasteiger partial charge in [-0.05, 0) is 52.8 Å². The van der Waals surface area contributed by atoms with E-state index in [1.54, 1.807) is 12.3 Å². The van der Waals surface area contributed by atoms with Gasteiger partial charge in [-0.1, -0.05) is 0 Å². The van der Waals surface area contributed by atoms with Crippen molar-refractivity contribution in [2.45, 2.75) is 53.2 Å². The predicted octanol–water partition coefficient (Wildman–Crippen LogP) is 2.53. The lowest BCUT2D eigenvalue weighted by Crippen LogP contribution is -2.31. The summed E-state index contributed by atoms with van der Waals surface area (Å²) in [5, 5.41) is 10.7. The Balaban J connectivity index is 2.02. The van der Waals surface area contributed by atoms with Crippen LogP contribution >= 0.6 is 0 Å². The molecule has 23 heavy (non-hydrogen) atoms. The van der Waals surface area contributed by atoms with Crippen LogP contribution in [0.2, 0.25) is 0 Å². The lowest BCUT2D eigenvalue weighted by molar-refractivity contribution is 0.0938. The summed E-state index contributed by atoms with van der Waals surface area (Å²) in [7, 11) is 0. The molecule has 6 heteroatoms. The Morgan fingerprint density at radius 3 is 2.61 bits per heavy atom. The van der Waals surface area contributed by atoms with Crippen molar-refractivity contribution in [3.63, 3.8) is 0 Å². The predicted molar refractivity (Wildman–Crippen MR) is 91.6 cm³/mol. The number of nitrogens with zero attached hydrogens (tertiary/aromatic N) is 3. The molecule has 0 spiro atoms. The van der Waals surface area contributed by atoms with Crippen LogP contribution in [0.3, 0.4) is 0 Å². The molecule has 0 aliphatic heterocycles. The molecule has 0 bridgehead atoms. The van der Waals surface area contributed by atoms with Crippen molar-refractivity contribution in [1.29, 1.82) is 0 Å². The largest absolute Gasteiger partial charge is 0.381 e. The van der Waals surface area contributed by atoms with Crippen molar-refractivity contribution in [3.8, 4) is 0 Å². The van der Waals surface area contributed by atoms with E-state index in [0.29, 0.717) is 5.69 Å². The van der Waals surface area contributed by atoms with Crippen molar-refractivity contribution >= 4 is 11.6 Å². The lowest BCUT2D eigenvalue weighted by atomic mass is 10.2. The molecule has 2 rings (SSSR count). The van der Waals surface area contributed by atoms with Gasteiger partial charge in [0.1, 0.15) is 5.69 Å². The number of pyridine rings is 1. The Labute approximate surface area is 137 Å². The van der Waals surface area contributed by atoms with Crippen molar-refractivity contribution < 1.29 is 4.79 Å². The van der Waals surface area contributed by atoms with Crippen molar-refractivity contribution in [2.24, 2.45) is 0 Å². The number of aromatic nitrogens is 3. The number of amides is 1. The van der Waals surface area contributed by atoms with Gasteiger partial charge in [0.05, 0.1) is 12.2 Å². The molecule has 6 nitrogen and oxygen atoms in total. The molecule has 0 aliphatic carbocycles. The van der Waals surface area contributed by atoms with Crippen LogP contribution in [0, 0.1) is 13.8 Å². The highest BCUT2D eigenvalue weighted by Crippen LogP contribution is 2.11. The van der Waals surface area contributed by atoms with E-state index in [0.717, 1.165) is 23.6 Å². The van der Waals surface area contributed by atoms with Crippen LogP contribution in [-0.4, -0.2) is 32.8 Å². The van der Waals surface area contributed by atoms with E-state index in [-0.39, 0.29) is 18.0 Å². The maximum Gasteiger partial charge on any atom is 0.270 e. The smallest absolute Gasteiger partial charge is 0.270 e. The quantitative estimate of drug-likeness (QED) is 0.859. The van der Waals surface area contributed by atoms with Gasteiger partial charge in [0.15, 0.2) is 0 Å². The van der Waals surface area contributed by atoms with Crippen molar-refractivity contribution in [1.82, 2.24) is 20.1 Å². The van der Waals surface area contributed by atoms with E-state index < -0.39 is 0 Å². The second-order valence-electron chi connectivity index (χ2n) is 6.21. The van der Waals surface area contributed by atoms with Gasteiger partial charge in [-0.3, -0.25) is 14.5 Å².